The van der Waals surface area contributed by atoms with Crippen molar-refractivity contribution in [3.63, 3.8) is 0 Å². The molecule has 3 aromatic rings. The molecule has 0 spiro atoms. The Morgan fingerprint density at radius 3 is 2.52 bits per heavy atom. The Kier molecular flexibility index (Phi) is 5.91. The predicted molar refractivity (Wildman–Crippen MR) is 107 cm³/mol. The van der Waals surface area contributed by atoms with E-state index in [1.807, 2.05) is 0 Å². The second kappa shape index (κ2) is 8.08. The predicted octanol–water partition coefficient (Wildman–Crippen LogP) is 6.13. The molecule has 0 saturated carbocycles. The molecule has 1 amide bonds. The molecule has 2 aromatic carbocycles. The maximum Gasteiger partial charge on any atom is 0.416 e. The van der Waals surface area contributed by atoms with Crippen molar-refractivity contribution < 1.29 is 18.0 Å². The lowest BCUT2D eigenvalue weighted by molar-refractivity contribution is -0.137. The smallest absolute Gasteiger partial charge is 0.319 e. The van der Waals surface area contributed by atoms with E-state index < -0.39 is 17.6 Å². The van der Waals surface area contributed by atoms with Gasteiger partial charge >= 0.3 is 6.18 Å². The number of halogens is 5. The highest BCUT2D eigenvalue weighted by molar-refractivity contribution is 6.37. The number of anilines is 1. The zero-order chi connectivity index (χ0) is 21.3. The van der Waals surface area contributed by atoms with E-state index in [9.17, 15) is 18.0 Å². The Hall–Kier alpha value is -2.51. The summed E-state index contributed by atoms with van der Waals surface area (Å²) < 4.78 is 40.3. The number of rotatable bonds is 4. The van der Waals surface area contributed by atoms with Gasteiger partial charge in [0, 0.05) is 5.02 Å². The van der Waals surface area contributed by atoms with Crippen LogP contribution in [0.25, 0.3) is 0 Å². The van der Waals surface area contributed by atoms with Crippen LogP contribution >= 0.6 is 23.2 Å². The van der Waals surface area contributed by atoms with Crippen LogP contribution in [0, 0.1) is 13.8 Å². The van der Waals surface area contributed by atoms with Gasteiger partial charge in [0.2, 0.25) is 0 Å². The molecule has 0 aliphatic rings. The zero-order valence-electron chi connectivity index (χ0n) is 15.4. The Morgan fingerprint density at radius 2 is 1.86 bits per heavy atom. The molecule has 0 unspecified atom stereocenters. The van der Waals surface area contributed by atoms with Crippen molar-refractivity contribution >= 4 is 34.8 Å². The lowest BCUT2D eigenvalue weighted by Gasteiger charge is -2.10. The van der Waals surface area contributed by atoms with Gasteiger partial charge in [0.25, 0.3) is 5.91 Å². The third-order valence-corrected chi connectivity index (χ3v) is 4.93. The maximum absolute atomic E-state index is 12.9. The van der Waals surface area contributed by atoms with Crippen molar-refractivity contribution in [2.75, 3.05) is 5.32 Å². The maximum atomic E-state index is 12.9. The number of alkyl halides is 3. The van der Waals surface area contributed by atoms with Crippen LogP contribution in [0.3, 0.4) is 0 Å². The molecule has 29 heavy (non-hydrogen) atoms. The first-order valence-corrected chi connectivity index (χ1v) is 9.28. The second-order valence-electron chi connectivity index (χ2n) is 6.48. The first-order chi connectivity index (χ1) is 13.6. The third kappa shape index (κ3) is 4.74. The minimum atomic E-state index is -4.41. The first-order valence-electron chi connectivity index (χ1n) is 8.53. The van der Waals surface area contributed by atoms with E-state index >= 15 is 0 Å². The lowest BCUT2D eigenvalue weighted by atomic mass is 10.1. The Labute approximate surface area is 175 Å². The van der Waals surface area contributed by atoms with Gasteiger partial charge in [0.05, 0.1) is 39.8 Å². The third-order valence-electron chi connectivity index (χ3n) is 4.38. The van der Waals surface area contributed by atoms with Crippen molar-refractivity contribution in [1.29, 1.82) is 0 Å². The number of nitrogens with zero attached hydrogens (tertiary/aromatic N) is 2. The number of hydrogen-bond donors (Lipinski definition) is 1. The fourth-order valence-corrected chi connectivity index (χ4v) is 3.40. The van der Waals surface area contributed by atoms with Crippen LogP contribution in [0.5, 0.6) is 0 Å². The molecule has 4 nitrogen and oxygen atoms in total. The fourth-order valence-electron chi connectivity index (χ4n) is 2.91. The van der Waals surface area contributed by atoms with Crippen LogP contribution in [0.15, 0.2) is 42.5 Å². The van der Waals surface area contributed by atoms with Crippen molar-refractivity contribution in [1.82, 2.24) is 9.78 Å². The number of hydrogen-bond acceptors (Lipinski definition) is 2. The summed E-state index contributed by atoms with van der Waals surface area (Å²) in [5, 5.41) is 7.73. The summed E-state index contributed by atoms with van der Waals surface area (Å²) in [6.07, 6.45) is -4.41. The van der Waals surface area contributed by atoms with Gasteiger partial charge in [-0.15, -0.1) is 0 Å². The number of nitrogens with one attached hydrogen (secondary N) is 1. The van der Waals surface area contributed by atoms with Crippen LogP contribution in [-0.4, -0.2) is 15.7 Å². The molecule has 0 aliphatic heterocycles. The Morgan fingerprint density at radius 1 is 1.14 bits per heavy atom. The molecule has 0 fully saturated rings. The van der Waals surface area contributed by atoms with Crippen molar-refractivity contribution in [3.05, 3.63) is 80.6 Å². The number of aromatic nitrogens is 2. The van der Waals surface area contributed by atoms with Gasteiger partial charge in [-0.1, -0.05) is 35.3 Å². The molecule has 0 aliphatic carbocycles. The Balaban J connectivity index is 1.84. The second-order valence-corrected chi connectivity index (χ2v) is 7.32. The molecule has 1 heterocycles. The monoisotopic (exact) mass is 441 g/mol. The van der Waals surface area contributed by atoms with E-state index in [1.54, 1.807) is 30.7 Å². The normalized spacial score (nSPS) is 11.6. The number of aryl methyl sites for hydroxylation is 1. The minimum Gasteiger partial charge on any atom is -0.319 e. The highest BCUT2D eigenvalue weighted by atomic mass is 35.5. The van der Waals surface area contributed by atoms with Crippen molar-refractivity contribution in [2.24, 2.45) is 0 Å². The number of amides is 1. The molecule has 0 atom stereocenters. The largest absolute Gasteiger partial charge is 0.416 e. The van der Waals surface area contributed by atoms with E-state index in [0.29, 0.717) is 27.7 Å². The molecule has 3 rings (SSSR count). The molecule has 0 radical (unpaired) electrons. The molecular formula is C20H16Cl2F3N3O. The summed E-state index contributed by atoms with van der Waals surface area (Å²) in [5.41, 5.74) is 1.60. The Bertz CT molecular complexity index is 1080. The van der Waals surface area contributed by atoms with Gasteiger partial charge in [-0.2, -0.15) is 18.3 Å². The number of carbonyl (C=O) groups excluding carboxylic acids is 1. The highest BCUT2D eigenvalue weighted by Gasteiger charge is 2.30. The van der Waals surface area contributed by atoms with Crippen LogP contribution in [-0.2, 0) is 12.7 Å². The summed E-state index contributed by atoms with van der Waals surface area (Å²) in [6, 6.07) is 9.59. The molecule has 1 aromatic heterocycles. The van der Waals surface area contributed by atoms with Crippen molar-refractivity contribution in [2.45, 2.75) is 26.6 Å². The number of carbonyl (C=O) groups is 1. The molecule has 152 valence electrons. The van der Waals surface area contributed by atoms with Gasteiger partial charge in [-0.3, -0.25) is 9.48 Å². The molecule has 0 saturated heterocycles. The van der Waals surface area contributed by atoms with E-state index in [1.165, 1.54) is 18.2 Å². The van der Waals surface area contributed by atoms with E-state index in [-0.39, 0.29) is 17.1 Å². The van der Waals surface area contributed by atoms with Gasteiger partial charge in [-0.25, -0.2) is 0 Å². The minimum absolute atomic E-state index is 0.133. The van der Waals surface area contributed by atoms with Gasteiger partial charge in [-0.05, 0) is 49.7 Å². The van der Waals surface area contributed by atoms with Crippen LogP contribution in [0.2, 0.25) is 10.0 Å². The molecular weight excluding hydrogens is 426 g/mol. The zero-order valence-corrected chi connectivity index (χ0v) is 17.0. The summed E-state index contributed by atoms with van der Waals surface area (Å²) in [4.78, 5) is 12.6. The topological polar surface area (TPSA) is 46.9 Å². The van der Waals surface area contributed by atoms with Gasteiger partial charge in [0.1, 0.15) is 0 Å². The highest BCUT2D eigenvalue weighted by Crippen LogP contribution is 2.30. The van der Waals surface area contributed by atoms with E-state index in [0.717, 1.165) is 12.1 Å². The van der Waals surface area contributed by atoms with Gasteiger partial charge < -0.3 is 5.32 Å². The summed E-state index contributed by atoms with van der Waals surface area (Å²) in [5.74, 6) is -0.434. The fraction of sp³-hybridized carbons (Fsp3) is 0.200. The average Bonchev–Trinajstić information content (AvgIpc) is 2.88. The molecule has 9 heteroatoms. The first kappa shape index (κ1) is 21.2. The SMILES string of the molecule is Cc1nn(Cc2cccc(C(F)(F)F)c2)c(C)c1NC(=O)c1ccc(Cl)cc1Cl. The standard InChI is InChI=1S/C20H16Cl2F3N3O/c1-11-18(26-19(29)16-7-6-15(21)9-17(16)22)12(2)28(27-11)10-13-4-3-5-14(8-13)20(23,24)25/h3-9H,10H2,1-2H3,(H,26,29). The quantitative estimate of drug-likeness (QED) is 0.529. The van der Waals surface area contributed by atoms with Crippen LogP contribution in [0.1, 0.15) is 32.9 Å². The van der Waals surface area contributed by atoms with Crippen LogP contribution in [0.4, 0.5) is 18.9 Å². The lowest BCUT2D eigenvalue weighted by Crippen LogP contribution is -2.14. The van der Waals surface area contributed by atoms with Crippen LogP contribution < -0.4 is 5.32 Å². The molecule has 0 bridgehead atoms. The summed E-state index contributed by atoms with van der Waals surface area (Å²) in [7, 11) is 0. The summed E-state index contributed by atoms with van der Waals surface area (Å²) >= 11 is 11.9. The summed E-state index contributed by atoms with van der Waals surface area (Å²) in [6.45, 7) is 3.57. The molecule has 1 N–H and O–H groups in total. The number of benzene rings is 2. The van der Waals surface area contributed by atoms with E-state index in [2.05, 4.69) is 10.4 Å². The van der Waals surface area contributed by atoms with Gasteiger partial charge in [0.15, 0.2) is 0 Å². The average molecular weight is 442 g/mol. The van der Waals surface area contributed by atoms with E-state index in [4.69, 9.17) is 23.2 Å². The van der Waals surface area contributed by atoms with Crippen molar-refractivity contribution in [3.8, 4) is 0 Å².